The van der Waals surface area contributed by atoms with Crippen molar-refractivity contribution in [1.29, 1.82) is 0 Å². The Bertz CT molecular complexity index is 1280. The molecule has 0 bridgehead atoms. The van der Waals surface area contributed by atoms with Gasteiger partial charge in [-0.15, -0.1) is 0 Å². The van der Waals surface area contributed by atoms with Crippen molar-refractivity contribution in [3.63, 3.8) is 0 Å². The van der Waals surface area contributed by atoms with Gasteiger partial charge in [-0.3, -0.25) is 0 Å². The fraction of sp³-hybridized carbons (Fsp3) is 0.467. The molecule has 1 fully saturated rings. The van der Waals surface area contributed by atoms with Crippen LogP contribution in [0.15, 0.2) is 42.5 Å². The second-order valence-electron chi connectivity index (χ2n) is 10.9. The molecular weight excluding hydrogens is 473 g/mol. The normalized spacial score (nSPS) is 18.3. The lowest BCUT2D eigenvalue weighted by Gasteiger charge is -2.37. The predicted octanol–water partition coefficient (Wildman–Crippen LogP) is 7.39. The number of benzene rings is 2. The summed E-state index contributed by atoms with van der Waals surface area (Å²) in [7, 11) is 0. The molecule has 0 aliphatic carbocycles. The molecule has 0 amide bonds. The van der Waals surface area contributed by atoms with Crippen LogP contribution in [0.1, 0.15) is 67.5 Å². The van der Waals surface area contributed by atoms with Crippen molar-refractivity contribution in [2.75, 3.05) is 29.4 Å². The highest BCUT2D eigenvalue weighted by atomic mass is 19.4. The predicted molar refractivity (Wildman–Crippen MR) is 143 cm³/mol. The van der Waals surface area contributed by atoms with Crippen LogP contribution in [0.2, 0.25) is 0 Å². The molecule has 0 spiro atoms. The van der Waals surface area contributed by atoms with Gasteiger partial charge in [-0.1, -0.05) is 51.1 Å². The summed E-state index contributed by atoms with van der Waals surface area (Å²) in [6.45, 7) is 11.9. The van der Waals surface area contributed by atoms with Crippen molar-refractivity contribution in [2.45, 2.75) is 65.6 Å². The highest BCUT2D eigenvalue weighted by molar-refractivity contribution is 5.66. The van der Waals surface area contributed by atoms with Gasteiger partial charge < -0.3 is 9.80 Å². The third-order valence-corrected chi connectivity index (χ3v) is 7.71. The lowest BCUT2D eigenvalue weighted by Crippen LogP contribution is -2.39. The summed E-state index contributed by atoms with van der Waals surface area (Å²) < 4.78 is 41.6. The first-order chi connectivity index (χ1) is 17.6. The Labute approximate surface area is 217 Å². The second kappa shape index (κ2) is 9.99. The quantitative estimate of drug-likeness (QED) is 0.368. The standard InChI is InChI=1S/C30H35F3N4/c1-19(2)22-12-11-21(4)27(16-22)36-15-13-26-24(18-36)29(37-14-7-8-20(3)17-37)35-28(34-26)23-9-5-6-10-25(23)30(31,32)33/h5-6,9-12,16,19-20H,7-8,13-15,17-18H2,1-4H3. The van der Waals surface area contributed by atoms with Crippen molar-refractivity contribution in [3.05, 3.63) is 70.4 Å². The maximum Gasteiger partial charge on any atom is 0.417 e. The summed E-state index contributed by atoms with van der Waals surface area (Å²) in [5.41, 5.74) is 5.00. The van der Waals surface area contributed by atoms with Crippen LogP contribution in [0.5, 0.6) is 0 Å². The summed E-state index contributed by atoms with van der Waals surface area (Å²) in [6, 6.07) is 12.3. The number of fused-ring (bicyclic) bond motifs is 1. The summed E-state index contributed by atoms with van der Waals surface area (Å²) >= 11 is 0. The Balaban J connectivity index is 1.61. The number of anilines is 2. The van der Waals surface area contributed by atoms with Crippen molar-refractivity contribution in [1.82, 2.24) is 9.97 Å². The zero-order valence-electron chi connectivity index (χ0n) is 22.1. The van der Waals surface area contributed by atoms with Crippen LogP contribution in [0, 0.1) is 12.8 Å². The van der Waals surface area contributed by atoms with Gasteiger partial charge in [-0.05, 0) is 54.9 Å². The van der Waals surface area contributed by atoms with E-state index in [1.54, 1.807) is 6.07 Å². The van der Waals surface area contributed by atoms with Crippen LogP contribution in [-0.4, -0.2) is 29.6 Å². The number of hydrogen-bond donors (Lipinski definition) is 0. The maximum atomic E-state index is 13.9. The molecule has 3 heterocycles. The van der Waals surface area contributed by atoms with Crippen LogP contribution in [0.4, 0.5) is 24.7 Å². The molecule has 2 aliphatic rings. The molecule has 37 heavy (non-hydrogen) atoms. The van der Waals surface area contributed by atoms with Crippen molar-refractivity contribution < 1.29 is 13.2 Å². The monoisotopic (exact) mass is 508 g/mol. The summed E-state index contributed by atoms with van der Waals surface area (Å²) in [4.78, 5) is 14.3. The van der Waals surface area contributed by atoms with Crippen LogP contribution < -0.4 is 9.80 Å². The highest BCUT2D eigenvalue weighted by Gasteiger charge is 2.35. The van der Waals surface area contributed by atoms with Gasteiger partial charge in [-0.2, -0.15) is 13.2 Å². The maximum absolute atomic E-state index is 13.9. The van der Waals surface area contributed by atoms with Crippen LogP contribution in [-0.2, 0) is 19.1 Å². The first-order valence-electron chi connectivity index (χ1n) is 13.3. The Morgan fingerprint density at radius 2 is 1.78 bits per heavy atom. The van der Waals surface area contributed by atoms with Gasteiger partial charge in [0.1, 0.15) is 5.82 Å². The van der Waals surface area contributed by atoms with E-state index < -0.39 is 11.7 Å². The van der Waals surface area contributed by atoms with Crippen LogP contribution in [0.3, 0.4) is 0 Å². The van der Waals surface area contributed by atoms with Crippen LogP contribution in [0.25, 0.3) is 11.4 Å². The van der Waals surface area contributed by atoms with Crippen molar-refractivity contribution in [3.8, 4) is 11.4 Å². The number of alkyl halides is 3. The highest BCUT2D eigenvalue weighted by Crippen LogP contribution is 2.39. The Hall–Kier alpha value is -3.09. The molecule has 1 aromatic heterocycles. The largest absolute Gasteiger partial charge is 0.417 e. The van der Waals surface area contributed by atoms with E-state index in [1.807, 2.05) is 0 Å². The molecule has 1 atom stereocenters. The Morgan fingerprint density at radius 3 is 2.51 bits per heavy atom. The lowest BCUT2D eigenvalue weighted by molar-refractivity contribution is -0.137. The van der Waals surface area contributed by atoms with Gasteiger partial charge in [0.05, 0.1) is 11.3 Å². The Morgan fingerprint density at radius 1 is 1.00 bits per heavy atom. The smallest absolute Gasteiger partial charge is 0.366 e. The topological polar surface area (TPSA) is 32.3 Å². The van der Waals surface area contributed by atoms with E-state index in [0.29, 0.717) is 24.8 Å². The Kier molecular flexibility index (Phi) is 6.90. The van der Waals surface area contributed by atoms with Gasteiger partial charge in [0, 0.05) is 49.4 Å². The number of aryl methyl sites for hydroxylation is 1. The number of halogens is 3. The molecule has 1 unspecified atom stereocenters. The van der Waals surface area contributed by atoms with E-state index >= 15 is 0 Å². The average molecular weight is 509 g/mol. The summed E-state index contributed by atoms with van der Waals surface area (Å²) in [6.07, 6.45) is -1.60. The van der Waals surface area contributed by atoms with E-state index in [9.17, 15) is 13.2 Å². The molecule has 5 rings (SSSR count). The summed E-state index contributed by atoms with van der Waals surface area (Å²) in [5, 5.41) is 0. The molecule has 3 aromatic rings. The zero-order valence-corrected chi connectivity index (χ0v) is 22.1. The molecule has 0 radical (unpaired) electrons. The van der Waals surface area contributed by atoms with E-state index in [0.717, 1.165) is 55.6 Å². The molecule has 4 nitrogen and oxygen atoms in total. The minimum absolute atomic E-state index is 0.0482. The number of aromatic nitrogens is 2. The number of piperidine rings is 1. The molecule has 0 N–H and O–H groups in total. The van der Waals surface area contributed by atoms with Crippen molar-refractivity contribution >= 4 is 11.5 Å². The first kappa shape index (κ1) is 25.6. The minimum atomic E-state index is -4.47. The van der Waals surface area contributed by atoms with E-state index in [4.69, 9.17) is 9.97 Å². The fourth-order valence-electron chi connectivity index (χ4n) is 5.62. The molecule has 2 aromatic carbocycles. The molecular formula is C30H35F3N4. The zero-order chi connectivity index (χ0) is 26.3. The molecule has 1 saturated heterocycles. The van der Waals surface area contributed by atoms with Crippen LogP contribution >= 0.6 is 0 Å². The average Bonchev–Trinajstić information content (AvgIpc) is 2.87. The number of nitrogens with zero attached hydrogens (tertiary/aromatic N) is 4. The van der Waals surface area contributed by atoms with Crippen molar-refractivity contribution in [2.24, 2.45) is 5.92 Å². The first-order valence-corrected chi connectivity index (χ1v) is 13.3. The third kappa shape index (κ3) is 5.18. The lowest BCUT2D eigenvalue weighted by atomic mass is 9.96. The van der Waals surface area contributed by atoms with Gasteiger partial charge in [-0.25, -0.2) is 9.97 Å². The second-order valence-corrected chi connectivity index (χ2v) is 10.9. The van der Waals surface area contributed by atoms with E-state index in [-0.39, 0.29) is 11.4 Å². The number of rotatable bonds is 4. The van der Waals surface area contributed by atoms with Gasteiger partial charge in [0.25, 0.3) is 0 Å². The summed E-state index contributed by atoms with van der Waals surface area (Å²) in [5.74, 6) is 1.91. The fourth-order valence-corrected chi connectivity index (χ4v) is 5.62. The SMILES string of the molecule is Cc1ccc(C(C)C)cc1N1CCc2nc(-c3ccccc3C(F)(F)F)nc(N3CCCC(C)C3)c2C1. The molecule has 196 valence electrons. The molecule has 0 saturated carbocycles. The van der Waals surface area contributed by atoms with E-state index in [1.165, 1.54) is 28.9 Å². The molecule has 7 heteroatoms. The van der Waals surface area contributed by atoms with Gasteiger partial charge >= 0.3 is 6.18 Å². The van der Waals surface area contributed by atoms with Gasteiger partial charge in [0.2, 0.25) is 0 Å². The number of hydrogen-bond acceptors (Lipinski definition) is 4. The van der Waals surface area contributed by atoms with Gasteiger partial charge in [0.15, 0.2) is 5.82 Å². The third-order valence-electron chi connectivity index (χ3n) is 7.71. The molecule has 2 aliphatic heterocycles. The van der Waals surface area contributed by atoms with E-state index in [2.05, 4.69) is 55.7 Å². The minimum Gasteiger partial charge on any atom is -0.366 e.